The fraction of sp³-hybridized carbons (Fsp3) is 0.185. The molecule has 0 saturated heterocycles. The molecule has 0 aliphatic carbocycles. The van der Waals surface area contributed by atoms with E-state index in [0.717, 1.165) is 27.6 Å². The van der Waals surface area contributed by atoms with Crippen LogP contribution in [0.5, 0.6) is 5.75 Å². The van der Waals surface area contributed by atoms with Gasteiger partial charge in [0.25, 0.3) is 0 Å². The van der Waals surface area contributed by atoms with Gasteiger partial charge in [-0.25, -0.2) is 9.78 Å². The molecule has 0 unspecified atom stereocenters. The van der Waals surface area contributed by atoms with E-state index in [9.17, 15) is 4.79 Å². The number of methoxy groups -OCH3 is 1. The van der Waals surface area contributed by atoms with E-state index in [-0.39, 0.29) is 0 Å². The molecule has 0 fully saturated rings. The highest BCUT2D eigenvalue weighted by molar-refractivity contribution is 7.98. The summed E-state index contributed by atoms with van der Waals surface area (Å²) in [5, 5.41) is 2.00. The molecular formula is C27H24ClNO3S. The van der Waals surface area contributed by atoms with Crippen LogP contribution in [0.1, 0.15) is 32.6 Å². The summed E-state index contributed by atoms with van der Waals surface area (Å²) in [6.07, 6.45) is 0. The van der Waals surface area contributed by atoms with Gasteiger partial charge in [0.15, 0.2) is 0 Å². The number of fused-ring (bicyclic) bond motifs is 1. The summed E-state index contributed by atoms with van der Waals surface area (Å²) in [5.74, 6) is 0.561. The van der Waals surface area contributed by atoms with Gasteiger partial charge in [-0.3, -0.25) is 0 Å². The predicted molar refractivity (Wildman–Crippen MR) is 134 cm³/mol. The number of ether oxygens (including phenoxy) is 2. The quantitative estimate of drug-likeness (QED) is 0.209. The van der Waals surface area contributed by atoms with Gasteiger partial charge in [-0.1, -0.05) is 65.7 Å². The lowest BCUT2D eigenvalue weighted by Gasteiger charge is -2.17. The number of aromatic nitrogens is 1. The van der Waals surface area contributed by atoms with Crippen molar-refractivity contribution in [1.29, 1.82) is 0 Å². The van der Waals surface area contributed by atoms with Crippen LogP contribution < -0.4 is 4.74 Å². The molecule has 1 heterocycles. The van der Waals surface area contributed by atoms with Crippen LogP contribution in [-0.2, 0) is 17.1 Å². The molecular weight excluding hydrogens is 454 g/mol. The molecule has 4 rings (SSSR count). The third-order valence-corrected chi connectivity index (χ3v) is 6.79. The van der Waals surface area contributed by atoms with Crippen LogP contribution in [0.15, 0.2) is 71.8 Å². The topological polar surface area (TPSA) is 48.4 Å². The molecule has 33 heavy (non-hydrogen) atoms. The summed E-state index contributed by atoms with van der Waals surface area (Å²) in [4.78, 5) is 17.7. The molecule has 168 valence electrons. The summed E-state index contributed by atoms with van der Waals surface area (Å²) in [7, 11) is 1.37. The smallest absolute Gasteiger partial charge is 0.344 e. The van der Waals surface area contributed by atoms with Crippen molar-refractivity contribution < 1.29 is 14.3 Å². The van der Waals surface area contributed by atoms with E-state index in [2.05, 4.69) is 32.0 Å². The summed E-state index contributed by atoms with van der Waals surface area (Å²) >= 11 is 7.78. The zero-order valence-electron chi connectivity index (χ0n) is 18.7. The number of carbonyl (C=O) groups is 1. The second-order valence-electron chi connectivity index (χ2n) is 7.73. The van der Waals surface area contributed by atoms with Crippen molar-refractivity contribution in [3.63, 3.8) is 0 Å². The Hall–Kier alpha value is -3.02. The normalized spacial score (nSPS) is 10.9. The molecule has 0 aliphatic heterocycles. The van der Waals surface area contributed by atoms with Gasteiger partial charge >= 0.3 is 5.97 Å². The van der Waals surface area contributed by atoms with E-state index in [0.29, 0.717) is 33.7 Å². The summed E-state index contributed by atoms with van der Waals surface area (Å²) in [5.41, 5.74) is 5.44. The number of nitrogens with zero attached hydrogens (tertiary/aromatic N) is 1. The minimum atomic E-state index is -0.481. The van der Waals surface area contributed by atoms with Crippen LogP contribution in [0.25, 0.3) is 10.9 Å². The number of para-hydroxylation sites is 1. The molecule has 4 aromatic rings. The molecule has 4 nitrogen and oxygen atoms in total. The molecule has 0 aliphatic rings. The monoisotopic (exact) mass is 477 g/mol. The fourth-order valence-corrected chi connectivity index (χ4v) is 4.92. The number of hydrogen-bond donors (Lipinski definition) is 0. The Morgan fingerprint density at radius 1 is 1.00 bits per heavy atom. The van der Waals surface area contributed by atoms with E-state index in [1.807, 2.05) is 48.5 Å². The average molecular weight is 478 g/mol. The van der Waals surface area contributed by atoms with Crippen molar-refractivity contribution in [2.75, 3.05) is 7.11 Å². The highest BCUT2D eigenvalue weighted by Gasteiger charge is 2.24. The zero-order chi connectivity index (χ0) is 23.4. The molecule has 0 spiro atoms. The van der Waals surface area contributed by atoms with Crippen LogP contribution in [-0.4, -0.2) is 18.1 Å². The molecule has 0 atom stereocenters. The van der Waals surface area contributed by atoms with Gasteiger partial charge in [-0.05, 0) is 48.7 Å². The number of hydrogen-bond acceptors (Lipinski definition) is 5. The molecule has 0 radical (unpaired) electrons. The number of halogens is 1. The molecule has 6 heteroatoms. The van der Waals surface area contributed by atoms with Crippen LogP contribution in [0.3, 0.4) is 0 Å². The predicted octanol–water partition coefficient (Wildman–Crippen LogP) is 7.16. The SMILES string of the molecule is COC(=O)c1c(SCc2ccccc2Cl)nc2ccccc2c1OCc1ccc(C)cc1C. The number of carbonyl (C=O) groups excluding carboxylic acids is 1. The summed E-state index contributed by atoms with van der Waals surface area (Å²) < 4.78 is 11.5. The maximum absolute atomic E-state index is 12.9. The molecule has 0 saturated carbocycles. The molecule has 0 amide bonds. The van der Waals surface area contributed by atoms with Crippen LogP contribution in [0, 0.1) is 13.8 Å². The number of aryl methyl sites for hydroxylation is 2. The first-order valence-electron chi connectivity index (χ1n) is 10.5. The Morgan fingerprint density at radius 2 is 1.76 bits per heavy atom. The minimum absolute atomic E-state index is 0.331. The fourth-order valence-electron chi connectivity index (χ4n) is 3.62. The third kappa shape index (κ3) is 5.15. The Morgan fingerprint density at radius 3 is 2.52 bits per heavy atom. The van der Waals surface area contributed by atoms with Crippen molar-refractivity contribution >= 4 is 40.2 Å². The van der Waals surface area contributed by atoms with Gasteiger partial charge in [0.1, 0.15) is 22.9 Å². The lowest BCUT2D eigenvalue weighted by atomic mass is 10.1. The van der Waals surface area contributed by atoms with E-state index in [1.165, 1.54) is 24.4 Å². The van der Waals surface area contributed by atoms with E-state index in [1.54, 1.807) is 0 Å². The van der Waals surface area contributed by atoms with Gasteiger partial charge < -0.3 is 9.47 Å². The minimum Gasteiger partial charge on any atom is -0.487 e. The summed E-state index contributed by atoms with van der Waals surface area (Å²) in [6, 6.07) is 21.5. The standard InChI is InChI=1S/C27H24ClNO3S/c1-17-12-13-19(18(2)14-17)15-32-25-21-9-5-7-11-23(21)29-26(24(25)27(30)31-3)33-16-20-8-4-6-10-22(20)28/h4-14H,15-16H2,1-3H3. The molecule has 1 aromatic heterocycles. The summed E-state index contributed by atoms with van der Waals surface area (Å²) in [6.45, 7) is 4.45. The first-order chi connectivity index (χ1) is 16.0. The Kier molecular flexibility index (Phi) is 7.21. The number of thioether (sulfide) groups is 1. The van der Waals surface area contributed by atoms with Crippen molar-refractivity contribution in [1.82, 2.24) is 4.98 Å². The largest absolute Gasteiger partial charge is 0.487 e. The highest BCUT2D eigenvalue weighted by Crippen LogP contribution is 2.38. The Labute approximate surface area is 202 Å². The number of pyridine rings is 1. The highest BCUT2D eigenvalue weighted by atomic mass is 35.5. The molecule has 0 N–H and O–H groups in total. The maximum Gasteiger partial charge on any atom is 0.344 e. The van der Waals surface area contributed by atoms with Crippen molar-refractivity contribution in [3.05, 3.63) is 99.6 Å². The van der Waals surface area contributed by atoms with Crippen LogP contribution in [0.4, 0.5) is 0 Å². The second kappa shape index (κ2) is 10.3. The Bertz CT molecular complexity index is 1320. The van der Waals surface area contributed by atoms with Crippen molar-refractivity contribution in [3.8, 4) is 5.75 Å². The van der Waals surface area contributed by atoms with Crippen LogP contribution >= 0.6 is 23.4 Å². The maximum atomic E-state index is 12.9. The first-order valence-corrected chi connectivity index (χ1v) is 11.9. The number of rotatable bonds is 7. The number of esters is 1. The van der Waals surface area contributed by atoms with Gasteiger partial charge in [0, 0.05) is 16.2 Å². The first kappa shape index (κ1) is 23.1. The average Bonchev–Trinajstić information content (AvgIpc) is 2.82. The van der Waals surface area contributed by atoms with Crippen molar-refractivity contribution in [2.45, 2.75) is 31.2 Å². The lowest BCUT2D eigenvalue weighted by molar-refractivity contribution is 0.0590. The lowest BCUT2D eigenvalue weighted by Crippen LogP contribution is -2.10. The van der Waals surface area contributed by atoms with Gasteiger partial charge in [-0.2, -0.15) is 0 Å². The van der Waals surface area contributed by atoms with E-state index < -0.39 is 5.97 Å². The van der Waals surface area contributed by atoms with E-state index >= 15 is 0 Å². The zero-order valence-corrected chi connectivity index (χ0v) is 20.3. The van der Waals surface area contributed by atoms with Crippen molar-refractivity contribution in [2.24, 2.45) is 0 Å². The molecule has 3 aromatic carbocycles. The number of benzene rings is 3. The van der Waals surface area contributed by atoms with Gasteiger partial charge in [-0.15, -0.1) is 11.8 Å². The van der Waals surface area contributed by atoms with Gasteiger partial charge in [0.2, 0.25) is 0 Å². The van der Waals surface area contributed by atoms with Crippen LogP contribution in [0.2, 0.25) is 5.02 Å². The second-order valence-corrected chi connectivity index (χ2v) is 9.10. The molecule has 0 bridgehead atoms. The van der Waals surface area contributed by atoms with Gasteiger partial charge in [0.05, 0.1) is 12.6 Å². The van der Waals surface area contributed by atoms with E-state index in [4.69, 9.17) is 26.1 Å². The Balaban J connectivity index is 1.77. The third-order valence-electron chi connectivity index (χ3n) is 5.39.